The molecular weight excluding hydrogens is 260 g/mol. The number of rotatable bonds is 5. The summed E-state index contributed by atoms with van der Waals surface area (Å²) in [6.07, 6.45) is 1.57. The number of nitrogens with one attached hydrogen (secondary N) is 2. The van der Waals surface area contributed by atoms with Gasteiger partial charge in [0.2, 0.25) is 0 Å². The van der Waals surface area contributed by atoms with Gasteiger partial charge in [0.15, 0.2) is 5.78 Å². The summed E-state index contributed by atoms with van der Waals surface area (Å²) >= 11 is 0. The van der Waals surface area contributed by atoms with Crippen LogP contribution >= 0.6 is 0 Å². The fraction of sp³-hybridized carbons (Fsp3) is 0.167. The molecule has 0 spiro atoms. The Labute approximate surface area is 125 Å². The monoisotopic (exact) mass is 280 g/mol. The Kier molecular flexibility index (Phi) is 4.77. The molecule has 3 heteroatoms. The molecule has 0 bridgehead atoms. The van der Waals surface area contributed by atoms with Crippen molar-refractivity contribution in [3.8, 4) is 0 Å². The molecular formula is C18H20N2O. The zero-order valence-electron chi connectivity index (χ0n) is 12.6. The predicted octanol–water partition coefficient (Wildman–Crippen LogP) is 4.26. The van der Waals surface area contributed by atoms with E-state index in [1.165, 1.54) is 0 Å². The van der Waals surface area contributed by atoms with E-state index >= 15 is 0 Å². The van der Waals surface area contributed by atoms with Crippen molar-refractivity contribution < 1.29 is 4.79 Å². The highest BCUT2D eigenvalue weighted by Gasteiger charge is 2.04. The van der Waals surface area contributed by atoms with Gasteiger partial charge in [-0.15, -0.1) is 0 Å². The van der Waals surface area contributed by atoms with Crippen LogP contribution in [0.4, 0.5) is 11.4 Å². The number of carbonyl (C=O) groups excluding carboxylic acids is 1. The van der Waals surface area contributed by atoms with Crippen molar-refractivity contribution in [2.24, 2.45) is 0 Å². The molecule has 0 saturated heterocycles. The van der Waals surface area contributed by atoms with E-state index in [9.17, 15) is 4.79 Å². The van der Waals surface area contributed by atoms with Crippen molar-refractivity contribution >= 4 is 17.2 Å². The zero-order valence-corrected chi connectivity index (χ0v) is 12.6. The van der Waals surface area contributed by atoms with Crippen LogP contribution in [0.2, 0.25) is 0 Å². The smallest absolute Gasteiger partial charge is 0.156 e. The second-order valence-corrected chi connectivity index (χ2v) is 5.05. The number of allylic oxidation sites excluding steroid dienone is 1. The van der Waals surface area contributed by atoms with Crippen molar-refractivity contribution in [1.29, 1.82) is 0 Å². The second-order valence-electron chi connectivity index (χ2n) is 5.05. The van der Waals surface area contributed by atoms with Gasteiger partial charge in [-0.1, -0.05) is 36.4 Å². The minimum atomic E-state index is -0.00725. The maximum Gasteiger partial charge on any atom is 0.156 e. The van der Waals surface area contributed by atoms with Crippen molar-refractivity contribution in [3.63, 3.8) is 0 Å². The topological polar surface area (TPSA) is 41.1 Å². The molecule has 0 aliphatic rings. The van der Waals surface area contributed by atoms with Gasteiger partial charge in [0.25, 0.3) is 0 Å². The number of carbonyl (C=O) groups is 1. The van der Waals surface area contributed by atoms with E-state index in [0.717, 1.165) is 22.5 Å². The summed E-state index contributed by atoms with van der Waals surface area (Å²) in [4.78, 5) is 11.4. The molecule has 0 fully saturated rings. The predicted molar refractivity (Wildman–Crippen MR) is 88.4 cm³/mol. The standard InChI is InChI=1S/C18H20N2O/c1-13-8-4-6-10-16(13)19-18(12-15(3)21)20-17-11-7-5-9-14(17)2/h4-12,19-20H,1-3H3. The van der Waals surface area contributed by atoms with Crippen molar-refractivity contribution in [3.05, 3.63) is 71.6 Å². The van der Waals surface area contributed by atoms with Gasteiger partial charge in [-0.25, -0.2) is 0 Å². The maximum absolute atomic E-state index is 11.4. The van der Waals surface area contributed by atoms with Gasteiger partial charge in [-0.2, -0.15) is 0 Å². The maximum atomic E-state index is 11.4. The van der Waals surface area contributed by atoms with Gasteiger partial charge >= 0.3 is 0 Å². The molecule has 2 aromatic carbocycles. The molecule has 0 saturated carbocycles. The molecule has 2 aromatic rings. The zero-order chi connectivity index (χ0) is 15.2. The average molecular weight is 280 g/mol. The number of para-hydroxylation sites is 2. The van der Waals surface area contributed by atoms with Gasteiger partial charge in [0, 0.05) is 17.5 Å². The van der Waals surface area contributed by atoms with Crippen LogP contribution in [-0.4, -0.2) is 5.78 Å². The first-order valence-electron chi connectivity index (χ1n) is 6.94. The summed E-state index contributed by atoms with van der Waals surface area (Å²) in [7, 11) is 0. The number of aryl methyl sites for hydroxylation is 2. The highest BCUT2D eigenvalue weighted by Crippen LogP contribution is 2.19. The van der Waals surface area contributed by atoms with Crippen LogP contribution in [0.1, 0.15) is 18.1 Å². The molecule has 2 N–H and O–H groups in total. The lowest BCUT2D eigenvalue weighted by Crippen LogP contribution is -2.12. The fourth-order valence-electron chi connectivity index (χ4n) is 2.02. The Morgan fingerprint density at radius 1 is 0.857 bits per heavy atom. The van der Waals surface area contributed by atoms with Crippen molar-refractivity contribution in [2.45, 2.75) is 20.8 Å². The Morgan fingerprint density at radius 3 is 1.67 bits per heavy atom. The Morgan fingerprint density at radius 2 is 1.29 bits per heavy atom. The number of ketones is 1. The van der Waals surface area contributed by atoms with Crippen LogP contribution in [0.3, 0.4) is 0 Å². The van der Waals surface area contributed by atoms with Gasteiger partial charge in [-0.3, -0.25) is 4.79 Å². The van der Waals surface area contributed by atoms with E-state index in [1.54, 1.807) is 13.0 Å². The first-order valence-corrected chi connectivity index (χ1v) is 6.94. The normalized spacial score (nSPS) is 9.86. The molecule has 0 amide bonds. The molecule has 0 heterocycles. The Bertz CT molecular complexity index is 625. The SMILES string of the molecule is CC(=O)C=C(Nc1ccccc1C)Nc1ccccc1C. The van der Waals surface area contributed by atoms with Gasteiger partial charge in [-0.05, 0) is 44.0 Å². The van der Waals surface area contributed by atoms with Crippen LogP contribution in [0, 0.1) is 13.8 Å². The van der Waals surface area contributed by atoms with E-state index in [1.807, 2.05) is 62.4 Å². The van der Waals surface area contributed by atoms with E-state index in [2.05, 4.69) is 10.6 Å². The number of hydrogen-bond acceptors (Lipinski definition) is 3. The highest BCUT2D eigenvalue weighted by molar-refractivity contribution is 5.89. The lowest BCUT2D eigenvalue weighted by atomic mass is 10.2. The minimum Gasteiger partial charge on any atom is -0.341 e. The molecule has 0 radical (unpaired) electrons. The quantitative estimate of drug-likeness (QED) is 0.804. The molecule has 3 nitrogen and oxygen atoms in total. The van der Waals surface area contributed by atoms with Gasteiger partial charge in [0.1, 0.15) is 5.82 Å². The molecule has 21 heavy (non-hydrogen) atoms. The molecule has 0 aliphatic heterocycles. The molecule has 0 atom stereocenters. The molecule has 0 aliphatic carbocycles. The van der Waals surface area contributed by atoms with Crippen molar-refractivity contribution in [2.75, 3.05) is 10.6 Å². The van der Waals surface area contributed by atoms with E-state index in [4.69, 9.17) is 0 Å². The first kappa shape index (κ1) is 14.9. The van der Waals surface area contributed by atoms with Gasteiger partial charge in [0.05, 0.1) is 0 Å². The summed E-state index contributed by atoms with van der Waals surface area (Å²) in [5.41, 5.74) is 4.20. The largest absolute Gasteiger partial charge is 0.341 e. The van der Waals surface area contributed by atoms with Crippen LogP contribution in [0.25, 0.3) is 0 Å². The van der Waals surface area contributed by atoms with Crippen molar-refractivity contribution in [1.82, 2.24) is 0 Å². The lowest BCUT2D eigenvalue weighted by molar-refractivity contribution is -0.112. The molecule has 0 aromatic heterocycles. The van der Waals surface area contributed by atoms with Crippen LogP contribution in [0.5, 0.6) is 0 Å². The van der Waals surface area contributed by atoms with Gasteiger partial charge < -0.3 is 10.6 Å². The average Bonchev–Trinajstić information content (AvgIpc) is 2.43. The number of benzene rings is 2. The third kappa shape index (κ3) is 4.21. The van der Waals surface area contributed by atoms with E-state index in [-0.39, 0.29) is 5.78 Å². The number of anilines is 2. The Hall–Kier alpha value is -2.55. The van der Waals surface area contributed by atoms with Crippen LogP contribution in [0.15, 0.2) is 60.4 Å². The lowest BCUT2D eigenvalue weighted by Gasteiger charge is -2.16. The number of hydrogen-bond donors (Lipinski definition) is 2. The minimum absolute atomic E-state index is 0.00725. The summed E-state index contributed by atoms with van der Waals surface area (Å²) in [5, 5.41) is 6.57. The van der Waals surface area contributed by atoms with E-state index in [0.29, 0.717) is 5.82 Å². The second kappa shape index (κ2) is 6.75. The van der Waals surface area contributed by atoms with E-state index < -0.39 is 0 Å². The summed E-state index contributed by atoms with van der Waals surface area (Å²) in [6.45, 7) is 5.60. The first-order chi connectivity index (χ1) is 10.1. The molecule has 2 rings (SSSR count). The van der Waals surface area contributed by atoms with Crippen LogP contribution in [-0.2, 0) is 4.79 Å². The Balaban J connectivity index is 2.26. The van der Waals surface area contributed by atoms with Crippen LogP contribution < -0.4 is 10.6 Å². The fourth-order valence-corrected chi connectivity index (χ4v) is 2.02. The summed E-state index contributed by atoms with van der Waals surface area (Å²) in [5.74, 6) is 0.665. The molecule has 108 valence electrons. The summed E-state index contributed by atoms with van der Waals surface area (Å²) < 4.78 is 0. The third-order valence-electron chi connectivity index (χ3n) is 3.18. The highest BCUT2D eigenvalue weighted by atomic mass is 16.1. The molecule has 0 unspecified atom stereocenters. The third-order valence-corrected chi connectivity index (χ3v) is 3.18. The summed E-state index contributed by atoms with van der Waals surface area (Å²) in [6, 6.07) is 15.9.